The van der Waals surface area contributed by atoms with E-state index in [-0.39, 0.29) is 22.0 Å². The van der Waals surface area contributed by atoms with Gasteiger partial charge in [0.1, 0.15) is 16.4 Å². The Morgan fingerprint density at radius 2 is 1.71 bits per heavy atom. The fourth-order valence-corrected chi connectivity index (χ4v) is 6.00. The van der Waals surface area contributed by atoms with Crippen LogP contribution in [0, 0.1) is 6.92 Å². The Morgan fingerprint density at radius 1 is 0.971 bits per heavy atom. The first-order valence-electron chi connectivity index (χ1n) is 11.0. The average Bonchev–Trinajstić information content (AvgIpc) is 2.95. The molecule has 0 bridgehead atoms. The van der Waals surface area contributed by atoms with Crippen molar-refractivity contribution in [3.05, 3.63) is 70.2 Å². The number of halogens is 1. The van der Waals surface area contributed by atoms with E-state index in [1.807, 2.05) is 19.1 Å². The molecule has 176 valence electrons. The predicted octanol–water partition coefficient (Wildman–Crippen LogP) is 6.08. The van der Waals surface area contributed by atoms with Crippen LogP contribution in [0.25, 0.3) is 0 Å². The number of carbonyl (C=O) groups excluding carboxylic acids is 1. The van der Waals surface area contributed by atoms with E-state index in [0.717, 1.165) is 29.3 Å². The van der Waals surface area contributed by atoms with E-state index in [4.69, 9.17) is 9.47 Å². The van der Waals surface area contributed by atoms with Crippen molar-refractivity contribution >= 4 is 37.5 Å². The molecule has 0 unspecified atom stereocenters. The molecule has 1 fully saturated rings. The van der Waals surface area contributed by atoms with Crippen LogP contribution in [-0.2, 0) is 10.0 Å². The number of aryl methyl sites for hydroxylation is 1. The number of hydrogen-bond acceptors (Lipinski definition) is 5. The molecule has 0 aromatic heterocycles. The summed E-state index contributed by atoms with van der Waals surface area (Å²) in [5.74, 6) is 0.829. The van der Waals surface area contributed by atoms with Gasteiger partial charge in [0.2, 0.25) is 10.0 Å². The van der Waals surface area contributed by atoms with E-state index in [2.05, 4.69) is 21.2 Å². The number of sulfonamides is 1. The maximum Gasteiger partial charge on any atom is 0.259 e. The monoisotopic (exact) mass is 542 g/mol. The molecule has 2 aliphatic rings. The molecule has 7 nitrogen and oxygen atoms in total. The zero-order valence-electron chi connectivity index (χ0n) is 18.5. The van der Waals surface area contributed by atoms with Crippen LogP contribution in [0.15, 0.2) is 64.0 Å². The van der Waals surface area contributed by atoms with Crippen LogP contribution in [0.4, 0.5) is 5.69 Å². The minimum absolute atomic E-state index is 0.0584. The molecular formula is C25H23BrN2O5S. The van der Waals surface area contributed by atoms with Crippen molar-refractivity contribution in [2.45, 2.75) is 31.1 Å². The molecule has 0 atom stereocenters. The topological polar surface area (TPSA) is 84.9 Å². The summed E-state index contributed by atoms with van der Waals surface area (Å²) < 4.78 is 41.8. The maximum absolute atomic E-state index is 13.7. The SMILES string of the molecule is Cc1ccc2c(c1)NC(=O)c1cc(S(=O)(=O)N3CCCCC3)c(Oc3ccc(Br)cc3)cc1O2. The van der Waals surface area contributed by atoms with Gasteiger partial charge in [0.15, 0.2) is 11.5 Å². The lowest BCUT2D eigenvalue weighted by molar-refractivity contribution is 0.102. The fourth-order valence-electron chi connectivity index (χ4n) is 4.10. The van der Waals surface area contributed by atoms with Crippen LogP contribution >= 0.6 is 15.9 Å². The van der Waals surface area contributed by atoms with Crippen LogP contribution in [-0.4, -0.2) is 31.7 Å². The number of nitrogens with one attached hydrogen (secondary N) is 1. The summed E-state index contributed by atoms with van der Waals surface area (Å²) in [5, 5.41) is 2.83. The Labute approximate surface area is 206 Å². The normalized spacial score (nSPS) is 16.0. The molecule has 1 amide bonds. The zero-order valence-corrected chi connectivity index (χ0v) is 20.9. The summed E-state index contributed by atoms with van der Waals surface area (Å²) in [6, 6.07) is 15.4. The number of ether oxygens (including phenoxy) is 2. The Hall–Kier alpha value is -2.88. The standard InChI is InChI=1S/C25H23BrN2O5S/c1-16-5-10-21-20(13-16)27-25(29)19-14-24(34(30,31)28-11-3-2-4-12-28)23(15-22(19)33-21)32-18-8-6-17(26)7-9-18/h5-10,13-15H,2-4,11-12H2,1H3,(H,27,29). The van der Waals surface area contributed by atoms with Gasteiger partial charge in [0, 0.05) is 23.6 Å². The predicted molar refractivity (Wildman–Crippen MR) is 132 cm³/mol. The van der Waals surface area contributed by atoms with E-state index in [1.165, 1.54) is 16.4 Å². The van der Waals surface area contributed by atoms with Crippen LogP contribution in [0.5, 0.6) is 23.0 Å². The zero-order chi connectivity index (χ0) is 23.9. The second-order valence-electron chi connectivity index (χ2n) is 8.37. The van der Waals surface area contributed by atoms with Crippen molar-refractivity contribution < 1.29 is 22.7 Å². The van der Waals surface area contributed by atoms with Crippen LogP contribution < -0.4 is 14.8 Å². The molecule has 0 spiro atoms. The number of benzene rings is 3. The molecule has 34 heavy (non-hydrogen) atoms. The summed E-state index contributed by atoms with van der Waals surface area (Å²) in [6.07, 6.45) is 2.59. The summed E-state index contributed by atoms with van der Waals surface area (Å²) in [4.78, 5) is 13.0. The van der Waals surface area contributed by atoms with E-state index in [1.54, 1.807) is 30.3 Å². The summed E-state index contributed by atoms with van der Waals surface area (Å²) in [7, 11) is -3.90. The Balaban J connectivity index is 1.64. The molecule has 0 saturated carbocycles. The van der Waals surface area contributed by atoms with Gasteiger partial charge in [0.05, 0.1) is 11.3 Å². The molecule has 3 aromatic carbocycles. The largest absolute Gasteiger partial charge is 0.456 e. The number of nitrogens with zero attached hydrogens (tertiary/aromatic N) is 1. The van der Waals surface area contributed by atoms with Crippen LogP contribution in [0.2, 0.25) is 0 Å². The van der Waals surface area contributed by atoms with E-state index >= 15 is 0 Å². The molecular weight excluding hydrogens is 520 g/mol. The highest BCUT2D eigenvalue weighted by atomic mass is 79.9. The number of piperidine rings is 1. The van der Waals surface area contributed by atoms with E-state index in [0.29, 0.717) is 30.3 Å². The van der Waals surface area contributed by atoms with Gasteiger partial charge in [0.25, 0.3) is 5.91 Å². The lowest BCUT2D eigenvalue weighted by atomic mass is 10.1. The van der Waals surface area contributed by atoms with Crippen molar-refractivity contribution in [1.29, 1.82) is 0 Å². The first-order valence-corrected chi connectivity index (χ1v) is 13.3. The first-order chi connectivity index (χ1) is 16.3. The average molecular weight is 543 g/mol. The van der Waals surface area contributed by atoms with Crippen molar-refractivity contribution in [2.75, 3.05) is 18.4 Å². The smallest absolute Gasteiger partial charge is 0.259 e. The third-order valence-electron chi connectivity index (χ3n) is 5.87. The molecule has 1 N–H and O–H groups in total. The van der Waals surface area contributed by atoms with Crippen molar-refractivity contribution in [3.63, 3.8) is 0 Å². The lowest BCUT2D eigenvalue weighted by Gasteiger charge is -2.27. The minimum Gasteiger partial charge on any atom is -0.456 e. The number of carbonyl (C=O) groups is 1. The quantitative estimate of drug-likeness (QED) is 0.431. The van der Waals surface area contributed by atoms with Gasteiger partial charge in [-0.05, 0) is 67.8 Å². The summed E-state index contributed by atoms with van der Waals surface area (Å²) >= 11 is 3.39. The number of rotatable bonds is 4. The van der Waals surface area contributed by atoms with Gasteiger partial charge in [-0.2, -0.15) is 4.31 Å². The van der Waals surface area contributed by atoms with Gasteiger partial charge < -0.3 is 14.8 Å². The third kappa shape index (κ3) is 4.43. The highest BCUT2D eigenvalue weighted by Gasteiger charge is 2.33. The third-order valence-corrected chi connectivity index (χ3v) is 8.32. The minimum atomic E-state index is -3.90. The molecule has 1 saturated heterocycles. The van der Waals surface area contributed by atoms with Gasteiger partial charge in [-0.25, -0.2) is 8.42 Å². The first kappa shape index (κ1) is 22.9. The number of amides is 1. The van der Waals surface area contributed by atoms with Gasteiger partial charge in [-0.1, -0.05) is 28.4 Å². The number of anilines is 1. The second kappa shape index (κ2) is 9.05. The van der Waals surface area contributed by atoms with Crippen LogP contribution in [0.1, 0.15) is 35.2 Å². The summed E-state index contributed by atoms with van der Waals surface area (Å²) in [6.45, 7) is 2.78. The maximum atomic E-state index is 13.7. The molecule has 0 aliphatic carbocycles. The van der Waals surface area contributed by atoms with Crippen molar-refractivity contribution in [2.24, 2.45) is 0 Å². The second-order valence-corrected chi connectivity index (χ2v) is 11.2. The highest BCUT2D eigenvalue weighted by molar-refractivity contribution is 9.10. The van der Waals surface area contributed by atoms with Crippen molar-refractivity contribution in [1.82, 2.24) is 4.31 Å². The number of fused-ring (bicyclic) bond motifs is 2. The lowest BCUT2D eigenvalue weighted by Crippen LogP contribution is -2.35. The van der Waals surface area contributed by atoms with Crippen molar-refractivity contribution in [3.8, 4) is 23.0 Å². The highest BCUT2D eigenvalue weighted by Crippen LogP contribution is 2.42. The van der Waals surface area contributed by atoms with Crippen LogP contribution in [0.3, 0.4) is 0 Å². The molecule has 0 radical (unpaired) electrons. The van der Waals surface area contributed by atoms with Gasteiger partial charge in [-0.15, -0.1) is 0 Å². The van der Waals surface area contributed by atoms with E-state index < -0.39 is 15.9 Å². The molecule has 5 rings (SSSR count). The van der Waals surface area contributed by atoms with Gasteiger partial charge >= 0.3 is 0 Å². The molecule has 9 heteroatoms. The molecule has 2 aliphatic heterocycles. The number of hydrogen-bond donors (Lipinski definition) is 1. The molecule has 3 aromatic rings. The molecule has 2 heterocycles. The summed E-state index contributed by atoms with van der Waals surface area (Å²) in [5.41, 5.74) is 1.62. The Bertz CT molecular complexity index is 1370. The van der Waals surface area contributed by atoms with Gasteiger partial charge in [-0.3, -0.25) is 4.79 Å². The Kier molecular flexibility index (Phi) is 6.09. The fraction of sp³-hybridized carbons (Fsp3) is 0.240. The Morgan fingerprint density at radius 3 is 2.44 bits per heavy atom. The van der Waals surface area contributed by atoms with E-state index in [9.17, 15) is 13.2 Å².